The lowest BCUT2D eigenvalue weighted by Gasteiger charge is -2.27. The van der Waals surface area contributed by atoms with Crippen LogP contribution in [0.2, 0.25) is 0 Å². The molecule has 7 aromatic heterocycles. The van der Waals surface area contributed by atoms with Crippen LogP contribution < -0.4 is 30.2 Å². The van der Waals surface area contributed by atoms with Gasteiger partial charge in [0.2, 0.25) is 0 Å². The van der Waals surface area contributed by atoms with Crippen molar-refractivity contribution in [2.75, 3.05) is 86.6 Å². The highest BCUT2D eigenvalue weighted by molar-refractivity contribution is 5.88. The number of pyridine rings is 7. The van der Waals surface area contributed by atoms with Crippen molar-refractivity contribution in [3.63, 3.8) is 0 Å². The molecule has 2 N–H and O–H groups in total. The van der Waals surface area contributed by atoms with Gasteiger partial charge >= 0.3 is 0 Å². The van der Waals surface area contributed by atoms with Crippen LogP contribution in [0.25, 0.3) is 44.8 Å². The topological polar surface area (TPSA) is 127 Å². The van der Waals surface area contributed by atoms with Crippen LogP contribution in [0.1, 0.15) is 52.8 Å². The zero-order valence-electron chi connectivity index (χ0n) is 39.7. The zero-order valence-corrected chi connectivity index (χ0v) is 39.7. The highest BCUT2D eigenvalue weighted by atomic mass is 15.1. The van der Waals surface area contributed by atoms with E-state index in [9.17, 15) is 0 Å². The number of hydrogen-bond donors (Lipinski definition) is 2. The van der Waals surface area contributed by atoms with E-state index in [1.54, 1.807) is 6.20 Å². The van der Waals surface area contributed by atoms with E-state index < -0.39 is 0 Å². The lowest BCUT2D eigenvalue weighted by Crippen LogP contribution is -2.17. The highest BCUT2D eigenvalue weighted by Gasteiger charge is 2.27. The zero-order chi connectivity index (χ0) is 46.1. The summed E-state index contributed by atoms with van der Waals surface area (Å²) in [5.41, 5.74) is 10.3. The molecule has 0 spiro atoms. The Morgan fingerprint density at radius 3 is 1.31 bits per heavy atom. The van der Waals surface area contributed by atoms with Gasteiger partial charge in [-0.2, -0.15) is 0 Å². The van der Waals surface area contributed by atoms with Crippen LogP contribution in [0.15, 0.2) is 104 Å². The summed E-state index contributed by atoms with van der Waals surface area (Å²) in [6.45, 7) is 13.2. The fourth-order valence-corrected chi connectivity index (χ4v) is 7.35. The first-order valence-electron chi connectivity index (χ1n) is 21.4. The van der Waals surface area contributed by atoms with Gasteiger partial charge in [-0.1, -0.05) is 41.5 Å². The second-order valence-corrected chi connectivity index (χ2v) is 18.9. The normalized spacial score (nSPS) is 11.6. The Bertz CT molecular complexity index is 2530. The molecule has 0 aromatic carbocycles. The molecule has 0 radical (unpaired) electrons. The molecule has 0 saturated heterocycles. The van der Waals surface area contributed by atoms with E-state index in [0.29, 0.717) is 11.6 Å². The van der Waals surface area contributed by atoms with E-state index in [-0.39, 0.29) is 10.8 Å². The van der Waals surface area contributed by atoms with E-state index in [1.165, 1.54) is 0 Å². The first-order chi connectivity index (χ1) is 30.3. The first-order valence-corrected chi connectivity index (χ1v) is 21.4. The molecular formula is C51H61N13. The van der Waals surface area contributed by atoms with Gasteiger partial charge < -0.3 is 30.2 Å². The van der Waals surface area contributed by atoms with Gasteiger partial charge in [0.1, 0.15) is 34.9 Å². The van der Waals surface area contributed by atoms with E-state index in [1.807, 2.05) is 137 Å². The molecule has 0 aliphatic rings. The molecule has 0 aliphatic carbocycles. The molecule has 0 atom stereocenters. The maximum Gasteiger partial charge on any atom is 0.139 e. The Kier molecular flexibility index (Phi) is 12.6. The Morgan fingerprint density at radius 1 is 0.438 bits per heavy atom. The van der Waals surface area contributed by atoms with E-state index in [2.05, 4.69) is 88.6 Å². The molecule has 0 saturated carbocycles. The lowest BCUT2D eigenvalue weighted by molar-refractivity contribution is 0.572. The molecule has 7 heterocycles. The number of hydrogen-bond acceptors (Lipinski definition) is 13. The van der Waals surface area contributed by atoms with Gasteiger partial charge in [0.25, 0.3) is 0 Å². The van der Waals surface area contributed by atoms with Crippen molar-refractivity contribution in [1.82, 2.24) is 34.9 Å². The molecule has 64 heavy (non-hydrogen) atoms. The van der Waals surface area contributed by atoms with Gasteiger partial charge in [-0.05, 0) is 77.7 Å². The van der Waals surface area contributed by atoms with Crippen molar-refractivity contribution >= 4 is 46.3 Å². The molecule has 7 aromatic rings. The third-order valence-electron chi connectivity index (χ3n) is 10.8. The summed E-state index contributed by atoms with van der Waals surface area (Å²) in [6, 6.07) is 24.7. The Morgan fingerprint density at radius 2 is 0.891 bits per heavy atom. The summed E-state index contributed by atoms with van der Waals surface area (Å²) < 4.78 is 0. The van der Waals surface area contributed by atoms with Crippen molar-refractivity contribution in [3.05, 3.63) is 115 Å². The van der Waals surface area contributed by atoms with Gasteiger partial charge in [0.05, 0.1) is 22.8 Å². The number of anilines is 8. The molecular weight excluding hydrogens is 795 g/mol. The highest BCUT2D eigenvalue weighted by Crippen LogP contribution is 2.43. The van der Waals surface area contributed by atoms with Crippen molar-refractivity contribution in [1.29, 1.82) is 0 Å². The quantitative estimate of drug-likeness (QED) is 0.121. The van der Waals surface area contributed by atoms with Gasteiger partial charge in [-0.3, -0.25) is 4.98 Å². The van der Waals surface area contributed by atoms with Crippen molar-refractivity contribution in [3.8, 4) is 44.8 Å². The van der Waals surface area contributed by atoms with Crippen LogP contribution in [0.5, 0.6) is 0 Å². The van der Waals surface area contributed by atoms with Crippen LogP contribution in [0, 0.1) is 0 Å². The summed E-state index contributed by atoms with van der Waals surface area (Å²) in [5.74, 6) is 4.81. The number of nitrogens with zero attached hydrogens (tertiary/aromatic N) is 11. The van der Waals surface area contributed by atoms with Gasteiger partial charge in [-0.15, -0.1) is 0 Å². The van der Waals surface area contributed by atoms with Crippen molar-refractivity contribution < 1.29 is 0 Å². The lowest BCUT2D eigenvalue weighted by atomic mass is 9.81. The number of aromatic nitrogens is 7. The van der Waals surface area contributed by atoms with Gasteiger partial charge in [0.15, 0.2) is 0 Å². The summed E-state index contributed by atoms with van der Waals surface area (Å²) in [6.07, 6.45) is 9.42. The second-order valence-electron chi connectivity index (χ2n) is 18.9. The average molecular weight is 856 g/mol. The molecule has 7 rings (SSSR count). The molecule has 330 valence electrons. The average Bonchev–Trinajstić information content (AvgIpc) is 3.25. The minimum Gasteiger partial charge on any atom is -0.363 e. The largest absolute Gasteiger partial charge is 0.363 e. The minimum atomic E-state index is -0.338. The monoisotopic (exact) mass is 856 g/mol. The Labute approximate surface area is 378 Å². The van der Waals surface area contributed by atoms with Gasteiger partial charge in [-0.25, -0.2) is 29.9 Å². The van der Waals surface area contributed by atoms with E-state index in [0.717, 1.165) is 90.7 Å². The smallest absolute Gasteiger partial charge is 0.139 e. The van der Waals surface area contributed by atoms with Crippen LogP contribution in [-0.2, 0) is 10.8 Å². The molecule has 0 unspecified atom stereocenters. The molecule has 13 heteroatoms. The van der Waals surface area contributed by atoms with Crippen LogP contribution >= 0.6 is 0 Å². The summed E-state index contributed by atoms with van der Waals surface area (Å²) in [5, 5.41) is 7.47. The van der Waals surface area contributed by atoms with Crippen molar-refractivity contribution in [2.45, 2.75) is 52.4 Å². The predicted molar refractivity (Wildman–Crippen MR) is 267 cm³/mol. The fourth-order valence-electron chi connectivity index (χ4n) is 7.35. The molecule has 0 fully saturated rings. The number of rotatable bonds is 12. The van der Waals surface area contributed by atoms with Crippen molar-refractivity contribution in [2.24, 2.45) is 0 Å². The summed E-state index contributed by atoms with van der Waals surface area (Å²) in [7, 11) is 15.9. The first kappa shape index (κ1) is 44.9. The molecule has 13 nitrogen and oxygen atoms in total. The fraction of sp³-hybridized carbons (Fsp3) is 0.314. The molecule has 0 aliphatic heterocycles. The van der Waals surface area contributed by atoms with Gasteiger partial charge in [0, 0.05) is 138 Å². The summed E-state index contributed by atoms with van der Waals surface area (Å²) in [4.78, 5) is 42.6. The molecule has 0 bridgehead atoms. The van der Waals surface area contributed by atoms with E-state index in [4.69, 9.17) is 34.9 Å². The minimum absolute atomic E-state index is 0.256. The maximum atomic E-state index is 5.34. The Balaban J connectivity index is 1.38. The maximum absolute atomic E-state index is 5.34. The second kappa shape index (κ2) is 17.9. The third-order valence-corrected chi connectivity index (χ3v) is 10.8. The SMILES string of the molecule is CN(C)c1ccc(-c2cc(C(C)(C)C)c(-c3ccc(N(C)C)nc3)c(Nc3ccnc(Nc4cc(-c5ccc(N(C)C)nc5)nc(C(C)(C)C)c4-c4ccc(N(C)C)nc4)c3)n2)cn1. The van der Waals surface area contributed by atoms with E-state index >= 15 is 0 Å². The Hall–Kier alpha value is -7.15. The molecule has 0 amide bonds. The standard InChI is InChI=1S/C51H61N13/c1-50(2,3)37-26-38(32-15-19-42(53-28-32)61(7)8)60-49(46(37)34-17-21-44(55-30-34)63(11)12)57-36-23-24-52-41(25-36)58-40-27-39(33-16-20-43(54-29-33)62(9)10)59-48(51(4,5)6)47(40)35-18-22-45(56-31-35)64(13)14/h15-31H,1-14H3,(H2,52,57,58,59,60). The van der Waals surface area contributed by atoms with Crippen LogP contribution in [0.3, 0.4) is 0 Å². The third kappa shape index (κ3) is 9.88. The predicted octanol–water partition coefficient (Wildman–Crippen LogP) is 10.5. The summed E-state index contributed by atoms with van der Waals surface area (Å²) >= 11 is 0. The van der Waals surface area contributed by atoms with Crippen LogP contribution in [0.4, 0.5) is 46.3 Å². The number of nitrogens with one attached hydrogen (secondary N) is 2. The van der Waals surface area contributed by atoms with Crippen LogP contribution in [-0.4, -0.2) is 91.3 Å².